The number of hydrogen-bond acceptors (Lipinski definition) is 3. The first-order valence-electron chi connectivity index (χ1n) is 9.42. The van der Waals surface area contributed by atoms with E-state index >= 15 is 0 Å². The van der Waals surface area contributed by atoms with Crippen LogP contribution in [0, 0.1) is 6.92 Å². The van der Waals surface area contributed by atoms with Crippen molar-refractivity contribution in [2.75, 3.05) is 20.1 Å². The molecule has 0 aliphatic heterocycles. The van der Waals surface area contributed by atoms with E-state index in [-0.39, 0.29) is 35.6 Å². The lowest BCUT2D eigenvalue weighted by Crippen LogP contribution is -2.42. The number of ether oxygens (including phenoxy) is 1. The number of aromatic nitrogens is 1. The standard InChI is InChI=1S/C21H30N4O2.HI/c1-17-10-4-5-11-19(17)27-18(2)16-24-21(22-3)23-13-7-9-15-25-14-8-6-12-20(25)26;/h4-6,8,10-12,14,18H,7,9,13,15-16H2,1-3H3,(H2,22,23,24);1H. The van der Waals surface area contributed by atoms with Gasteiger partial charge < -0.3 is 19.9 Å². The summed E-state index contributed by atoms with van der Waals surface area (Å²) in [5, 5.41) is 6.58. The fourth-order valence-corrected chi connectivity index (χ4v) is 2.67. The zero-order chi connectivity index (χ0) is 19.5. The molecule has 154 valence electrons. The highest BCUT2D eigenvalue weighted by atomic mass is 127. The van der Waals surface area contributed by atoms with Crippen LogP contribution >= 0.6 is 24.0 Å². The summed E-state index contributed by atoms with van der Waals surface area (Å²) in [6.07, 6.45) is 3.74. The summed E-state index contributed by atoms with van der Waals surface area (Å²) in [6.45, 7) is 6.26. The summed E-state index contributed by atoms with van der Waals surface area (Å²) < 4.78 is 7.70. The Morgan fingerprint density at radius 2 is 1.89 bits per heavy atom. The Kier molecular flexibility index (Phi) is 11.3. The third kappa shape index (κ3) is 8.33. The highest BCUT2D eigenvalue weighted by Crippen LogP contribution is 2.17. The molecule has 2 aromatic rings. The number of aliphatic imine (C=N–C) groups is 1. The summed E-state index contributed by atoms with van der Waals surface area (Å²) >= 11 is 0. The van der Waals surface area contributed by atoms with Gasteiger partial charge in [0.05, 0.1) is 6.54 Å². The van der Waals surface area contributed by atoms with E-state index in [9.17, 15) is 4.79 Å². The van der Waals surface area contributed by atoms with E-state index in [0.717, 1.165) is 43.2 Å². The van der Waals surface area contributed by atoms with Gasteiger partial charge in [0, 0.05) is 32.4 Å². The van der Waals surface area contributed by atoms with Crippen LogP contribution in [0.3, 0.4) is 0 Å². The number of nitrogens with zero attached hydrogens (tertiary/aromatic N) is 2. The van der Waals surface area contributed by atoms with Crippen LogP contribution in [-0.2, 0) is 6.54 Å². The number of rotatable bonds is 9. The van der Waals surface area contributed by atoms with Gasteiger partial charge in [-0.25, -0.2) is 0 Å². The number of benzene rings is 1. The molecule has 7 heteroatoms. The van der Waals surface area contributed by atoms with Crippen LogP contribution < -0.4 is 20.9 Å². The number of para-hydroxylation sites is 1. The fourth-order valence-electron chi connectivity index (χ4n) is 2.67. The van der Waals surface area contributed by atoms with Gasteiger partial charge in [0.15, 0.2) is 5.96 Å². The molecule has 1 aromatic carbocycles. The maximum Gasteiger partial charge on any atom is 0.250 e. The summed E-state index contributed by atoms with van der Waals surface area (Å²) in [6, 6.07) is 13.2. The second-order valence-corrected chi connectivity index (χ2v) is 6.51. The monoisotopic (exact) mass is 498 g/mol. The molecule has 0 saturated carbocycles. The van der Waals surface area contributed by atoms with Crippen molar-refractivity contribution in [1.82, 2.24) is 15.2 Å². The predicted molar refractivity (Wildman–Crippen MR) is 126 cm³/mol. The first-order valence-corrected chi connectivity index (χ1v) is 9.42. The molecule has 1 unspecified atom stereocenters. The normalized spacial score (nSPS) is 12.0. The molecule has 6 nitrogen and oxygen atoms in total. The average molecular weight is 498 g/mol. The number of unbranched alkanes of at least 4 members (excludes halogenated alkanes) is 1. The van der Waals surface area contributed by atoms with Crippen molar-refractivity contribution in [3.05, 3.63) is 64.6 Å². The Morgan fingerprint density at radius 3 is 2.61 bits per heavy atom. The molecule has 2 rings (SSSR count). The SMILES string of the molecule is CN=C(NCCCCn1ccccc1=O)NCC(C)Oc1ccccc1C.I. The number of aryl methyl sites for hydroxylation is 2. The van der Waals surface area contributed by atoms with Gasteiger partial charge in [-0.2, -0.15) is 0 Å². The van der Waals surface area contributed by atoms with Crippen LogP contribution in [0.15, 0.2) is 58.4 Å². The largest absolute Gasteiger partial charge is 0.489 e. The van der Waals surface area contributed by atoms with Gasteiger partial charge in [-0.3, -0.25) is 9.79 Å². The molecule has 1 atom stereocenters. The minimum atomic E-state index is 0. The Morgan fingerprint density at radius 1 is 1.14 bits per heavy atom. The molecule has 0 amide bonds. The molecular weight excluding hydrogens is 467 g/mol. The molecule has 0 aliphatic carbocycles. The second kappa shape index (κ2) is 13.2. The van der Waals surface area contributed by atoms with Crippen LogP contribution in [0.1, 0.15) is 25.3 Å². The zero-order valence-corrected chi connectivity index (χ0v) is 19.2. The number of hydrogen-bond donors (Lipinski definition) is 2. The molecule has 0 fully saturated rings. The third-order valence-electron chi connectivity index (χ3n) is 4.22. The third-order valence-corrected chi connectivity index (χ3v) is 4.22. The Balaban J connectivity index is 0.00000392. The van der Waals surface area contributed by atoms with Gasteiger partial charge in [-0.1, -0.05) is 24.3 Å². The van der Waals surface area contributed by atoms with Gasteiger partial charge in [0.2, 0.25) is 5.56 Å². The maximum atomic E-state index is 11.6. The van der Waals surface area contributed by atoms with Gasteiger partial charge in [-0.15, -0.1) is 24.0 Å². The molecule has 1 heterocycles. The van der Waals surface area contributed by atoms with Crippen molar-refractivity contribution in [3.8, 4) is 5.75 Å². The van der Waals surface area contributed by atoms with Gasteiger partial charge in [-0.05, 0) is 44.4 Å². The molecule has 0 saturated heterocycles. The highest BCUT2D eigenvalue weighted by Gasteiger charge is 2.07. The predicted octanol–water partition coefficient (Wildman–Crippen LogP) is 3.19. The molecule has 0 radical (unpaired) electrons. The van der Waals surface area contributed by atoms with Crippen LogP contribution in [0.2, 0.25) is 0 Å². The molecule has 28 heavy (non-hydrogen) atoms. The Labute approximate surface area is 184 Å². The van der Waals surface area contributed by atoms with E-state index in [1.54, 1.807) is 23.7 Å². The number of halogens is 1. The van der Waals surface area contributed by atoms with Gasteiger partial charge >= 0.3 is 0 Å². The van der Waals surface area contributed by atoms with Crippen molar-refractivity contribution in [3.63, 3.8) is 0 Å². The molecule has 0 aliphatic rings. The second-order valence-electron chi connectivity index (χ2n) is 6.51. The van der Waals surface area contributed by atoms with Crippen LogP contribution in [-0.4, -0.2) is 36.8 Å². The van der Waals surface area contributed by atoms with E-state index in [0.29, 0.717) is 6.54 Å². The quantitative estimate of drug-likeness (QED) is 0.241. The zero-order valence-electron chi connectivity index (χ0n) is 16.9. The van der Waals surface area contributed by atoms with E-state index in [4.69, 9.17) is 4.74 Å². The van der Waals surface area contributed by atoms with Crippen LogP contribution in [0.5, 0.6) is 5.75 Å². The summed E-state index contributed by atoms with van der Waals surface area (Å²) in [7, 11) is 1.76. The van der Waals surface area contributed by atoms with E-state index < -0.39 is 0 Å². The minimum Gasteiger partial charge on any atom is -0.489 e. The first kappa shape index (κ1) is 24.0. The maximum absolute atomic E-state index is 11.6. The summed E-state index contributed by atoms with van der Waals surface area (Å²) in [5.74, 6) is 1.66. The van der Waals surface area contributed by atoms with Gasteiger partial charge in [0.1, 0.15) is 11.9 Å². The number of nitrogens with one attached hydrogen (secondary N) is 2. The topological polar surface area (TPSA) is 67.7 Å². The smallest absolute Gasteiger partial charge is 0.250 e. The average Bonchev–Trinajstić information content (AvgIpc) is 2.67. The molecule has 2 N–H and O–H groups in total. The lowest BCUT2D eigenvalue weighted by molar-refractivity contribution is 0.222. The fraction of sp³-hybridized carbons (Fsp3) is 0.429. The summed E-state index contributed by atoms with van der Waals surface area (Å²) in [4.78, 5) is 15.9. The lowest BCUT2D eigenvalue weighted by atomic mass is 10.2. The molecule has 0 spiro atoms. The van der Waals surface area contributed by atoms with Crippen LogP contribution in [0.4, 0.5) is 0 Å². The van der Waals surface area contributed by atoms with Crippen LogP contribution in [0.25, 0.3) is 0 Å². The van der Waals surface area contributed by atoms with Crippen molar-refractivity contribution in [2.24, 2.45) is 4.99 Å². The minimum absolute atomic E-state index is 0. The number of pyridine rings is 1. The number of guanidine groups is 1. The summed E-state index contributed by atoms with van der Waals surface area (Å²) in [5.41, 5.74) is 1.18. The first-order chi connectivity index (χ1) is 13.1. The van der Waals surface area contributed by atoms with Crippen molar-refractivity contribution < 1.29 is 4.74 Å². The van der Waals surface area contributed by atoms with E-state index in [2.05, 4.69) is 15.6 Å². The van der Waals surface area contributed by atoms with Gasteiger partial charge in [0.25, 0.3) is 0 Å². The molecular formula is C21H31IN4O2. The van der Waals surface area contributed by atoms with E-state index in [1.165, 1.54) is 0 Å². The lowest BCUT2D eigenvalue weighted by Gasteiger charge is -2.18. The molecule has 1 aromatic heterocycles. The van der Waals surface area contributed by atoms with Crippen molar-refractivity contribution in [2.45, 2.75) is 39.3 Å². The van der Waals surface area contributed by atoms with E-state index in [1.807, 2.05) is 50.4 Å². The Bertz CT molecular complexity index is 792. The Hall–Kier alpha value is -2.03. The van der Waals surface area contributed by atoms with Crippen molar-refractivity contribution in [1.29, 1.82) is 0 Å². The van der Waals surface area contributed by atoms with Crippen molar-refractivity contribution >= 4 is 29.9 Å². The highest BCUT2D eigenvalue weighted by molar-refractivity contribution is 14.0. The molecule has 0 bridgehead atoms.